The SMILES string of the molecule is CCCC(=O)NCCOCCOCCOCCO. The number of nitrogens with one attached hydrogen (secondary N) is 1. The number of ether oxygens (including phenoxy) is 3. The molecule has 0 aromatic rings. The van der Waals surface area contributed by atoms with Crippen molar-refractivity contribution in [3.8, 4) is 0 Å². The summed E-state index contributed by atoms with van der Waals surface area (Å²) in [4.78, 5) is 11.1. The van der Waals surface area contributed by atoms with E-state index in [1.165, 1.54) is 0 Å². The fourth-order valence-corrected chi connectivity index (χ4v) is 1.18. The topological polar surface area (TPSA) is 77.0 Å². The number of amides is 1. The number of carbonyl (C=O) groups excluding carboxylic acids is 1. The molecule has 0 heterocycles. The third-order valence-electron chi connectivity index (χ3n) is 2.03. The zero-order valence-corrected chi connectivity index (χ0v) is 11.2. The van der Waals surface area contributed by atoms with Crippen LogP contribution in [0, 0.1) is 0 Å². The molecular weight excluding hydrogens is 238 g/mol. The van der Waals surface area contributed by atoms with Gasteiger partial charge in [0.15, 0.2) is 0 Å². The Balaban J connectivity index is 3.01. The first kappa shape index (κ1) is 17.3. The monoisotopic (exact) mass is 263 g/mol. The van der Waals surface area contributed by atoms with Crippen LogP contribution in [-0.4, -0.2) is 63.8 Å². The highest BCUT2D eigenvalue weighted by molar-refractivity contribution is 5.75. The van der Waals surface area contributed by atoms with E-state index in [2.05, 4.69) is 5.32 Å². The zero-order chi connectivity index (χ0) is 13.5. The van der Waals surface area contributed by atoms with E-state index in [9.17, 15) is 4.79 Å². The van der Waals surface area contributed by atoms with Crippen molar-refractivity contribution in [1.29, 1.82) is 0 Å². The van der Waals surface area contributed by atoms with Crippen molar-refractivity contribution < 1.29 is 24.1 Å². The lowest BCUT2D eigenvalue weighted by atomic mass is 10.3. The van der Waals surface area contributed by atoms with Gasteiger partial charge in [0.1, 0.15) is 0 Å². The van der Waals surface area contributed by atoms with Crippen molar-refractivity contribution in [3.05, 3.63) is 0 Å². The second-order valence-electron chi connectivity index (χ2n) is 3.66. The number of hydrogen-bond donors (Lipinski definition) is 2. The first-order valence-corrected chi connectivity index (χ1v) is 6.42. The molecule has 1 amide bonds. The number of carbonyl (C=O) groups is 1. The molecule has 0 aliphatic rings. The molecule has 6 nitrogen and oxygen atoms in total. The molecule has 0 spiro atoms. The molecule has 0 radical (unpaired) electrons. The Labute approximate surface area is 109 Å². The number of rotatable bonds is 13. The molecule has 0 atom stereocenters. The maximum absolute atomic E-state index is 11.1. The van der Waals surface area contributed by atoms with Gasteiger partial charge in [0.25, 0.3) is 0 Å². The molecule has 0 saturated heterocycles. The van der Waals surface area contributed by atoms with E-state index in [-0.39, 0.29) is 12.5 Å². The Morgan fingerprint density at radius 1 is 1.00 bits per heavy atom. The normalized spacial score (nSPS) is 10.6. The zero-order valence-electron chi connectivity index (χ0n) is 11.2. The van der Waals surface area contributed by atoms with Gasteiger partial charge in [-0.1, -0.05) is 6.92 Å². The Hall–Kier alpha value is -0.690. The molecule has 0 aliphatic heterocycles. The highest BCUT2D eigenvalue weighted by Gasteiger charge is 1.97. The van der Waals surface area contributed by atoms with E-state index in [0.29, 0.717) is 52.6 Å². The summed E-state index contributed by atoms with van der Waals surface area (Å²) >= 11 is 0. The van der Waals surface area contributed by atoms with E-state index in [0.717, 1.165) is 6.42 Å². The first-order valence-electron chi connectivity index (χ1n) is 6.42. The van der Waals surface area contributed by atoms with Gasteiger partial charge in [-0.2, -0.15) is 0 Å². The lowest BCUT2D eigenvalue weighted by molar-refractivity contribution is -0.121. The minimum Gasteiger partial charge on any atom is -0.394 e. The van der Waals surface area contributed by atoms with Crippen LogP contribution in [0.2, 0.25) is 0 Å². The number of aliphatic hydroxyl groups is 1. The first-order chi connectivity index (χ1) is 8.81. The maximum atomic E-state index is 11.1. The smallest absolute Gasteiger partial charge is 0.220 e. The van der Waals surface area contributed by atoms with Crippen molar-refractivity contribution in [2.24, 2.45) is 0 Å². The minimum atomic E-state index is 0.0346. The van der Waals surface area contributed by atoms with Gasteiger partial charge < -0.3 is 24.6 Å². The van der Waals surface area contributed by atoms with E-state index < -0.39 is 0 Å². The van der Waals surface area contributed by atoms with E-state index in [1.54, 1.807) is 0 Å². The fourth-order valence-electron chi connectivity index (χ4n) is 1.18. The summed E-state index contributed by atoms with van der Waals surface area (Å²) in [6, 6.07) is 0. The molecule has 0 bridgehead atoms. The van der Waals surface area contributed by atoms with E-state index >= 15 is 0 Å². The summed E-state index contributed by atoms with van der Waals surface area (Å²) < 4.78 is 15.5. The highest BCUT2D eigenvalue weighted by Crippen LogP contribution is 1.85. The van der Waals surface area contributed by atoms with Crippen molar-refractivity contribution in [2.45, 2.75) is 19.8 Å². The lowest BCUT2D eigenvalue weighted by Gasteiger charge is -2.07. The van der Waals surface area contributed by atoms with E-state index in [4.69, 9.17) is 19.3 Å². The summed E-state index contributed by atoms with van der Waals surface area (Å²) in [5.41, 5.74) is 0. The standard InChI is InChI=1S/C12H25NO5/c1-2-3-12(15)13-4-6-16-8-10-18-11-9-17-7-5-14/h14H,2-11H2,1H3,(H,13,15). The van der Waals surface area contributed by atoms with Gasteiger partial charge >= 0.3 is 0 Å². The molecule has 0 saturated carbocycles. The van der Waals surface area contributed by atoms with Crippen molar-refractivity contribution >= 4 is 5.91 Å². The predicted octanol–water partition coefficient (Wildman–Crippen LogP) is -0.0552. The van der Waals surface area contributed by atoms with Gasteiger partial charge in [-0.25, -0.2) is 0 Å². The maximum Gasteiger partial charge on any atom is 0.220 e. The Morgan fingerprint density at radius 3 is 2.11 bits per heavy atom. The summed E-state index contributed by atoms with van der Waals surface area (Å²) in [7, 11) is 0. The Bertz CT molecular complexity index is 189. The molecule has 0 aliphatic carbocycles. The molecule has 2 N–H and O–H groups in total. The molecule has 18 heavy (non-hydrogen) atoms. The molecular formula is C12H25NO5. The quantitative estimate of drug-likeness (QED) is 0.455. The van der Waals surface area contributed by atoms with Crippen LogP contribution >= 0.6 is 0 Å². The van der Waals surface area contributed by atoms with Crippen LogP contribution in [0.15, 0.2) is 0 Å². The molecule has 6 heteroatoms. The van der Waals surface area contributed by atoms with Crippen LogP contribution in [0.4, 0.5) is 0 Å². The summed E-state index contributed by atoms with van der Waals surface area (Å²) in [6.45, 7) is 5.37. The third kappa shape index (κ3) is 13.4. The van der Waals surface area contributed by atoms with Gasteiger partial charge in [0.2, 0.25) is 5.91 Å². The molecule has 0 rings (SSSR count). The Kier molecular flexibility index (Phi) is 13.8. The lowest BCUT2D eigenvalue weighted by Crippen LogP contribution is -2.27. The Morgan fingerprint density at radius 2 is 1.56 bits per heavy atom. The van der Waals surface area contributed by atoms with Crippen molar-refractivity contribution in [1.82, 2.24) is 5.32 Å². The minimum absolute atomic E-state index is 0.0346. The van der Waals surface area contributed by atoms with Gasteiger partial charge in [-0.05, 0) is 6.42 Å². The van der Waals surface area contributed by atoms with Gasteiger partial charge in [-0.3, -0.25) is 4.79 Å². The molecule has 0 aromatic heterocycles. The largest absolute Gasteiger partial charge is 0.394 e. The van der Waals surface area contributed by atoms with Crippen LogP contribution in [0.3, 0.4) is 0 Å². The average Bonchev–Trinajstić information content (AvgIpc) is 2.36. The molecule has 0 fully saturated rings. The summed E-state index contributed by atoms with van der Waals surface area (Å²) in [6.07, 6.45) is 1.43. The van der Waals surface area contributed by atoms with Crippen LogP contribution in [0.5, 0.6) is 0 Å². The van der Waals surface area contributed by atoms with Gasteiger partial charge in [0.05, 0.1) is 46.2 Å². The second kappa shape index (κ2) is 14.4. The molecule has 0 unspecified atom stereocenters. The van der Waals surface area contributed by atoms with Crippen molar-refractivity contribution in [2.75, 3.05) is 52.8 Å². The van der Waals surface area contributed by atoms with Crippen molar-refractivity contribution in [3.63, 3.8) is 0 Å². The highest BCUT2D eigenvalue weighted by atomic mass is 16.5. The van der Waals surface area contributed by atoms with E-state index in [1.807, 2.05) is 6.92 Å². The van der Waals surface area contributed by atoms with Crippen LogP contribution < -0.4 is 5.32 Å². The van der Waals surface area contributed by atoms with Gasteiger partial charge in [0, 0.05) is 13.0 Å². The molecule has 108 valence electrons. The average molecular weight is 263 g/mol. The van der Waals surface area contributed by atoms with Crippen LogP contribution in [0.1, 0.15) is 19.8 Å². The third-order valence-corrected chi connectivity index (χ3v) is 2.03. The van der Waals surface area contributed by atoms with Crippen LogP contribution in [0.25, 0.3) is 0 Å². The number of hydrogen-bond acceptors (Lipinski definition) is 5. The van der Waals surface area contributed by atoms with Gasteiger partial charge in [-0.15, -0.1) is 0 Å². The predicted molar refractivity (Wildman–Crippen MR) is 67.5 cm³/mol. The fraction of sp³-hybridized carbons (Fsp3) is 0.917. The van der Waals surface area contributed by atoms with Crippen LogP contribution in [-0.2, 0) is 19.0 Å². The molecule has 0 aromatic carbocycles. The second-order valence-corrected chi connectivity index (χ2v) is 3.66. The number of aliphatic hydroxyl groups excluding tert-OH is 1. The summed E-state index contributed by atoms with van der Waals surface area (Å²) in [5, 5.41) is 11.2. The summed E-state index contributed by atoms with van der Waals surface area (Å²) in [5.74, 6) is 0.0679.